The summed E-state index contributed by atoms with van der Waals surface area (Å²) in [4.78, 5) is 0. The maximum atomic E-state index is 10.4. The molecule has 9 atom stereocenters. The molecule has 2 saturated heterocycles. The molecule has 2 aliphatic heterocycles. The molecule has 0 bridgehead atoms. The summed E-state index contributed by atoms with van der Waals surface area (Å²) in [5.41, 5.74) is 0. The Labute approximate surface area is 159 Å². The minimum atomic E-state index is -2.26. The summed E-state index contributed by atoms with van der Waals surface area (Å²) in [5, 5.41) is 87.3. The molecule has 166 valence electrons. The van der Waals surface area contributed by atoms with Crippen molar-refractivity contribution < 1.29 is 64.9 Å². The normalized spacial score (nSPS) is 44.4. The van der Waals surface area contributed by atoms with Crippen molar-refractivity contribution in [2.75, 3.05) is 33.0 Å². The van der Waals surface area contributed by atoms with Crippen molar-refractivity contribution in [1.29, 1.82) is 0 Å². The Hall–Kier alpha value is -0.520. The third-order valence-electron chi connectivity index (χ3n) is 4.80. The third kappa shape index (κ3) is 4.46. The molecule has 0 aromatic carbocycles. The van der Waals surface area contributed by atoms with E-state index in [4.69, 9.17) is 29.2 Å². The Morgan fingerprint density at radius 2 is 1.43 bits per heavy atom. The van der Waals surface area contributed by atoms with E-state index >= 15 is 0 Å². The first-order valence-corrected chi connectivity index (χ1v) is 8.71. The minimum Gasteiger partial charge on any atom is -0.394 e. The van der Waals surface area contributed by atoms with Crippen molar-refractivity contribution in [3.8, 4) is 0 Å². The zero-order valence-electron chi connectivity index (χ0n) is 14.9. The molecule has 0 aromatic heterocycles. The van der Waals surface area contributed by atoms with Crippen LogP contribution < -0.4 is 0 Å². The zero-order valence-corrected chi connectivity index (χ0v) is 14.9. The molecule has 0 radical (unpaired) electrons. The molecule has 0 saturated carbocycles. The summed E-state index contributed by atoms with van der Waals surface area (Å²) >= 11 is 0. The van der Waals surface area contributed by atoms with Gasteiger partial charge < -0.3 is 64.9 Å². The summed E-state index contributed by atoms with van der Waals surface area (Å²) in [7, 11) is 0. The van der Waals surface area contributed by atoms with E-state index in [1.807, 2.05) is 0 Å². The summed E-state index contributed by atoms with van der Waals surface area (Å²) in [6, 6.07) is 0. The van der Waals surface area contributed by atoms with Crippen molar-refractivity contribution in [2.45, 2.75) is 60.9 Å². The topological polar surface area (TPSA) is 219 Å². The maximum absolute atomic E-state index is 10.4. The molecule has 0 spiro atoms. The van der Waals surface area contributed by atoms with Crippen LogP contribution in [0.2, 0.25) is 0 Å². The lowest BCUT2D eigenvalue weighted by atomic mass is 9.97. The van der Waals surface area contributed by atoms with Crippen LogP contribution in [0.3, 0.4) is 0 Å². The molecule has 2 aliphatic rings. The van der Waals surface area contributed by atoms with Crippen LogP contribution in [0, 0.1) is 0 Å². The van der Waals surface area contributed by atoms with Gasteiger partial charge >= 0.3 is 0 Å². The largest absolute Gasteiger partial charge is 0.394 e. The van der Waals surface area contributed by atoms with E-state index in [1.54, 1.807) is 0 Å². The number of hydrogen-bond acceptors (Lipinski definition) is 13. The lowest BCUT2D eigenvalue weighted by molar-refractivity contribution is -0.367. The first-order valence-electron chi connectivity index (χ1n) is 8.71. The average molecular weight is 416 g/mol. The third-order valence-corrected chi connectivity index (χ3v) is 4.80. The molecule has 2 rings (SSSR count). The highest BCUT2D eigenvalue weighted by Gasteiger charge is 2.58. The second-order valence-corrected chi connectivity index (χ2v) is 6.66. The summed E-state index contributed by atoms with van der Waals surface area (Å²) in [5.74, 6) is -2.26. The van der Waals surface area contributed by atoms with Crippen LogP contribution >= 0.6 is 0 Å². The van der Waals surface area contributed by atoms with Gasteiger partial charge in [0, 0.05) is 0 Å². The SMILES string of the molecule is OCC(CO)OC1OC(CO)[C@H](O[C@@]2(CO)OC(CO)C(O)C2O)C(O)C1O. The van der Waals surface area contributed by atoms with Gasteiger partial charge in [-0.3, -0.25) is 0 Å². The molecule has 7 unspecified atom stereocenters. The van der Waals surface area contributed by atoms with Gasteiger partial charge in [0.15, 0.2) is 6.29 Å². The molecular formula is C15H28O13. The Balaban J connectivity index is 2.18. The number of hydrogen-bond donors (Lipinski definition) is 9. The molecule has 28 heavy (non-hydrogen) atoms. The molecule has 0 aliphatic carbocycles. The van der Waals surface area contributed by atoms with Gasteiger partial charge in [0.2, 0.25) is 5.79 Å². The highest BCUT2D eigenvalue weighted by Crippen LogP contribution is 2.36. The van der Waals surface area contributed by atoms with Crippen LogP contribution in [0.5, 0.6) is 0 Å². The lowest BCUT2D eigenvalue weighted by Crippen LogP contribution is -2.64. The lowest BCUT2D eigenvalue weighted by Gasteiger charge is -2.45. The number of aliphatic hydroxyl groups excluding tert-OH is 9. The molecule has 13 heteroatoms. The number of ether oxygens (including phenoxy) is 4. The fourth-order valence-corrected chi connectivity index (χ4v) is 3.14. The smallest absolute Gasteiger partial charge is 0.222 e. The van der Waals surface area contributed by atoms with Gasteiger partial charge in [-0.1, -0.05) is 0 Å². The zero-order chi connectivity index (χ0) is 21.1. The van der Waals surface area contributed by atoms with E-state index in [2.05, 4.69) is 0 Å². The quantitative estimate of drug-likeness (QED) is 0.171. The van der Waals surface area contributed by atoms with Crippen molar-refractivity contribution in [2.24, 2.45) is 0 Å². The van der Waals surface area contributed by atoms with Gasteiger partial charge in [-0.2, -0.15) is 0 Å². The van der Waals surface area contributed by atoms with Crippen LogP contribution in [0.4, 0.5) is 0 Å². The molecule has 2 heterocycles. The van der Waals surface area contributed by atoms with Gasteiger partial charge in [-0.25, -0.2) is 0 Å². The Morgan fingerprint density at radius 1 is 0.821 bits per heavy atom. The van der Waals surface area contributed by atoms with E-state index in [0.717, 1.165) is 0 Å². The summed E-state index contributed by atoms with van der Waals surface area (Å²) in [6.07, 6.45) is -13.8. The molecule has 13 nitrogen and oxygen atoms in total. The Bertz CT molecular complexity index is 475. The molecular weight excluding hydrogens is 388 g/mol. The summed E-state index contributed by atoms with van der Waals surface area (Å²) < 4.78 is 21.1. The van der Waals surface area contributed by atoms with Crippen LogP contribution in [-0.4, -0.2) is 140 Å². The van der Waals surface area contributed by atoms with Gasteiger partial charge in [-0.05, 0) is 0 Å². The van der Waals surface area contributed by atoms with E-state index in [-0.39, 0.29) is 0 Å². The monoisotopic (exact) mass is 416 g/mol. The average Bonchev–Trinajstić information content (AvgIpc) is 2.96. The predicted molar refractivity (Wildman–Crippen MR) is 85.5 cm³/mol. The van der Waals surface area contributed by atoms with Crippen LogP contribution in [0.15, 0.2) is 0 Å². The number of aliphatic hydroxyl groups is 9. The van der Waals surface area contributed by atoms with Crippen molar-refractivity contribution in [3.05, 3.63) is 0 Å². The second kappa shape index (κ2) is 9.99. The van der Waals surface area contributed by atoms with Gasteiger partial charge in [-0.15, -0.1) is 0 Å². The van der Waals surface area contributed by atoms with E-state index in [0.29, 0.717) is 0 Å². The second-order valence-electron chi connectivity index (χ2n) is 6.66. The highest BCUT2D eigenvalue weighted by molar-refractivity contribution is 5.00. The minimum absolute atomic E-state index is 0.600. The van der Waals surface area contributed by atoms with E-state index < -0.39 is 93.9 Å². The van der Waals surface area contributed by atoms with E-state index in [9.17, 15) is 35.7 Å². The van der Waals surface area contributed by atoms with Crippen LogP contribution in [0.25, 0.3) is 0 Å². The van der Waals surface area contributed by atoms with Crippen molar-refractivity contribution in [3.63, 3.8) is 0 Å². The standard InChI is InChI=1S/C15H28O13/c16-1-6(2-17)25-14-11(23)10(22)12(8(4-19)26-14)28-15(5-20)13(24)9(21)7(3-18)27-15/h6-14,16-24H,1-5H2/t7?,8?,9?,10?,11?,12-,13?,14?,15+/m0/s1. The maximum Gasteiger partial charge on any atom is 0.222 e. The predicted octanol–water partition coefficient (Wildman–Crippen LogP) is -6.02. The Kier molecular flexibility index (Phi) is 8.48. The molecule has 0 amide bonds. The van der Waals surface area contributed by atoms with E-state index in [1.165, 1.54) is 0 Å². The van der Waals surface area contributed by atoms with Crippen LogP contribution in [0.1, 0.15) is 0 Å². The first-order chi connectivity index (χ1) is 13.3. The number of rotatable bonds is 9. The fraction of sp³-hybridized carbons (Fsp3) is 1.00. The van der Waals surface area contributed by atoms with Gasteiger partial charge in [0.05, 0.1) is 26.4 Å². The van der Waals surface area contributed by atoms with Gasteiger partial charge in [0.25, 0.3) is 0 Å². The van der Waals surface area contributed by atoms with Gasteiger partial charge in [0.1, 0.15) is 55.4 Å². The van der Waals surface area contributed by atoms with Crippen molar-refractivity contribution >= 4 is 0 Å². The molecule has 9 N–H and O–H groups in total. The molecule has 2 fully saturated rings. The first kappa shape index (κ1) is 23.8. The van der Waals surface area contributed by atoms with Crippen LogP contribution in [-0.2, 0) is 18.9 Å². The molecule has 0 aromatic rings. The van der Waals surface area contributed by atoms with Crippen molar-refractivity contribution in [1.82, 2.24) is 0 Å². The highest BCUT2D eigenvalue weighted by atomic mass is 16.8. The Morgan fingerprint density at radius 3 is 1.89 bits per heavy atom. The summed E-state index contributed by atoms with van der Waals surface area (Å²) in [6.45, 7) is -3.64. The fourth-order valence-electron chi connectivity index (χ4n) is 3.14.